The van der Waals surface area contributed by atoms with E-state index in [4.69, 9.17) is 51.7 Å². The molecule has 3 aliphatic rings. The number of rotatable bonds is 9. The molecule has 0 amide bonds. The summed E-state index contributed by atoms with van der Waals surface area (Å²) in [4.78, 5) is 0. The quantitative estimate of drug-likeness (QED) is 0.0633. The van der Waals surface area contributed by atoms with Crippen LogP contribution in [-0.4, -0.2) is 131 Å². The van der Waals surface area contributed by atoms with Crippen LogP contribution in [-0.2, 0) is 48.9 Å². The van der Waals surface area contributed by atoms with Crippen molar-refractivity contribution in [1.29, 1.82) is 0 Å². The minimum absolute atomic E-state index is 0. The molecule has 26 heteroatoms. The third-order valence-electron chi connectivity index (χ3n) is 5.33. The Morgan fingerprint density at radius 2 is 1.33 bits per heavy atom. The van der Waals surface area contributed by atoms with E-state index >= 15 is 0 Å². The molecule has 11 atom stereocenters. The molecule has 0 aliphatic carbocycles. The molecule has 232 valence electrons. The molecule has 0 bridgehead atoms. The minimum atomic E-state index is -4.92. The van der Waals surface area contributed by atoms with E-state index in [2.05, 4.69) is 0 Å². The molecule has 3 rings (SSSR count). The zero-order valence-corrected chi connectivity index (χ0v) is 39.9. The molecule has 45 heavy (non-hydrogen) atoms. The van der Waals surface area contributed by atoms with Crippen LogP contribution >= 0.6 is 0 Å². The summed E-state index contributed by atoms with van der Waals surface area (Å²) in [6, 6.07) is -1.49. The molecular formula is C19H30NNa6O17S2-. The van der Waals surface area contributed by atoms with Gasteiger partial charge in [-0.3, -0.25) is 4.55 Å². The maximum absolute atomic E-state index is 11.2. The fourth-order valence-electron chi connectivity index (χ4n) is 3.57. The molecule has 0 aromatic carbocycles. The number of ether oxygens (including phenoxy) is 6. The Bertz CT molecular complexity index is 969. The summed E-state index contributed by atoms with van der Waals surface area (Å²) in [5.74, 6) is -0.854. The molecule has 0 spiro atoms. The van der Waals surface area contributed by atoms with Gasteiger partial charge in [-0.15, -0.1) is 0 Å². The standard InChI is InChI=1S/C19H30NO13S.6Na.H2O4S/c1-2-28-14-6-10(22)13(8-30-14)32-19-16(20)17(24)18(12(31-19)3-4-34(25,26)27)33-15-5-9(21)11(23)7-29-15;;;;;;;1-5(2,3)4/h5-24H,2-4H2,1H3,(H,25,26,27);;;;;;;(H2,1,2,3,4)/q-5;6*+1;/p-2/t9-,10-,11+,12?,13+,14+,15-,16?,17+,18+,19-;;;;;;;/m0......./s1. The molecule has 3 saturated heterocycles. The average Bonchev–Trinajstić information content (AvgIpc) is 2.80. The van der Waals surface area contributed by atoms with Gasteiger partial charge < -0.3 is 63.7 Å². The van der Waals surface area contributed by atoms with Crippen molar-refractivity contribution < 1.29 is 257 Å². The monoisotopic (exact) mass is 746 g/mol. The van der Waals surface area contributed by atoms with Gasteiger partial charge in [0.2, 0.25) is 10.4 Å². The Kier molecular flexibility index (Phi) is 38.1. The normalized spacial score (nSPS) is 34.6. The van der Waals surface area contributed by atoms with Crippen LogP contribution in [0, 0.1) is 26.1 Å². The van der Waals surface area contributed by atoms with Crippen molar-refractivity contribution in [2.45, 2.75) is 81.0 Å². The Labute approximate surface area is 395 Å². The van der Waals surface area contributed by atoms with Crippen molar-refractivity contribution >= 4 is 20.5 Å². The van der Waals surface area contributed by atoms with E-state index in [-0.39, 0.29) is 177 Å². The molecule has 3 fully saturated rings. The Hall–Kier alpha value is 5.34. The molecular weight excluding hydrogens is 716 g/mol. The summed E-state index contributed by atoms with van der Waals surface area (Å²) >= 11 is 0. The van der Waals surface area contributed by atoms with Gasteiger partial charge >= 0.3 is 177 Å². The molecule has 0 saturated carbocycles. The average molecular weight is 747 g/mol. The Morgan fingerprint density at radius 3 is 1.80 bits per heavy atom. The number of nitrogens with one attached hydrogen (secondary N) is 1. The number of hydrogen-bond acceptors (Lipinski definition) is 16. The van der Waals surface area contributed by atoms with E-state index in [1.54, 1.807) is 6.92 Å². The third kappa shape index (κ3) is 23.7. The van der Waals surface area contributed by atoms with Gasteiger partial charge in [-0.25, -0.2) is 29.7 Å². The van der Waals surface area contributed by atoms with Gasteiger partial charge in [-0.1, -0.05) is 18.2 Å². The van der Waals surface area contributed by atoms with Gasteiger partial charge in [0.25, 0.3) is 0 Å². The Balaban J connectivity index is -0.000000450. The van der Waals surface area contributed by atoms with E-state index in [9.17, 15) is 33.4 Å². The van der Waals surface area contributed by atoms with E-state index < -0.39 is 100 Å². The van der Waals surface area contributed by atoms with Crippen LogP contribution < -0.4 is 177 Å². The van der Waals surface area contributed by atoms with Crippen LogP contribution in [0.1, 0.15) is 13.3 Å². The summed E-state index contributed by atoms with van der Waals surface area (Å²) in [5, 5.41) is 40.3. The summed E-state index contributed by atoms with van der Waals surface area (Å²) in [6.07, 6.45) is -10.6. The predicted octanol–water partition coefficient (Wildman–Crippen LogP) is -21.2. The molecule has 18 nitrogen and oxygen atoms in total. The van der Waals surface area contributed by atoms with Crippen molar-refractivity contribution in [2.24, 2.45) is 0 Å². The van der Waals surface area contributed by atoms with Crippen molar-refractivity contribution in [3.05, 3.63) is 31.8 Å². The SMILES string of the molecule is CCO[C@H]1[CH-][C@H](O)[C@H](O[C@@H]2OC(CCS(=O)(=O)[O-])[C@@H](O[C@H]3[CH-][C@H](O)[C@H](O)[CH-]O3)[C@H](O)C2[NH-])[CH-]O1.O=S(=O)([O-])O.[Na+].[Na+].[Na+].[Na+].[Na+].[Na+]. The summed E-state index contributed by atoms with van der Waals surface area (Å²) in [6.45, 7) is 4.15. The fourth-order valence-corrected chi connectivity index (χ4v) is 4.09. The van der Waals surface area contributed by atoms with E-state index in [0.717, 1.165) is 19.6 Å². The summed E-state index contributed by atoms with van der Waals surface area (Å²) in [5.41, 5.74) is 8.31. The van der Waals surface area contributed by atoms with Gasteiger partial charge in [-0.05, 0) is 25.6 Å². The number of aliphatic hydroxyl groups excluding tert-OH is 4. The van der Waals surface area contributed by atoms with Crippen LogP contribution in [0.3, 0.4) is 0 Å². The maximum atomic E-state index is 11.2. The second-order valence-electron chi connectivity index (χ2n) is 8.33. The van der Waals surface area contributed by atoms with Crippen molar-refractivity contribution in [3.8, 4) is 0 Å². The van der Waals surface area contributed by atoms with Gasteiger partial charge in [0.1, 0.15) is 12.4 Å². The van der Waals surface area contributed by atoms with Gasteiger partial charge in [0.05, 0.1) is 22.3 Å². The van der Waals surface area contributed by atoms with Crippen LogP contribution in [0.25, 0.3) is 5.73 Å². The van der Waals surface area contributed by atoms with Crippen LogP contribution in [0.15, 0.2) is 0 Å². The third-order valence-corrected chi connectivity index (χ3v) is 6.07. The van der Waals surface area contributed by atoms with Gasteiger partial charge in [0.15, 0.2) is 0 Å². The molecule has 3 aliphatic heterocycles. The first-order chi connectivity index (χ1) is 18.0. The summed E-state index contributed by atoms with van der Waals surface area (Å²) < 4.78 is 98.8. The first-order valence-electron chi connectivity index (χ1n) is 11.3. The van der Waals surface area contributed by atoms with Gasteiger partial charge in [0, 0.05) is 24.9 Å². The zero-order valence-electron chi connectivity index (χ0n) is 26.2. The first kappa shape index (κ1) is 59.6. The molecule has 0 radical (unpaired) electrons. The van der Waals surface area contributed by atoms with E-state index in [1.165, 1.54) is 6.42 Å². The van der Waals surface area contributed by atoms with Crippen molar-refractivity contribution in [1.82, 2.24) is 0 Å². The summed E-state index contributed by atoms with van der Waals surface area (Å²) in [7, 11) is -9.57. The fraction of sp³-hybridized carbons (Fsp3) is 0.789. The first-order valence-corrected chi connectivity index (χ1v) is 14.2. The zero-order chi connectivity index (χ0) is 29.5. The predicted molar refractivity (Wildman–Crippen MR) is 121 cm³/mol. The molecule has 0 aromatic heterocycles. The Morgan fingerprint density at radius 1 is 0.822 bits per heavy atom. The number of aliphatic hydroxyl groups is 4. The molecule has 2 unspecified atom stereocenters. The molecule has 3 heterocycles. The smallest absolute Gasteiger partial charge is 0.748 e. The molecule has 6 N–H and O–H groups in total. The second-order valence-corrected chi connectivity index (χ2v) is 10.7. The van der Waals surface area contributed by atoms with E-state index in [1.807, 2.05) is 0 Å². The van der Waals surface area contributed by atoms with Crippen molar-refractivity contribution in [3.63, 3.8) is 0 Å². The van der Waals surface area contributed by atoms with E-state index in [0.29, 0.717) is 6.61 Å². The van der Waals surface area contributed by atoms with Gasteiger partial charge in [-0.2, -0.15) is 13.2 Å². The second kappa shape index (κ2) is 28.7. The maximum Gasteiger partial charge on any atom is 1.00 e. The minimum Gasteiger partial charge on any atom is -0.748 e. The van der Waals surface area contributed by atoms with Crippen LogP contribution in [0.2, 0.25) is 0 Å². The van der Waals surface area contributed by atoms with Crippen LogP contribution in [0.4, 0.5) is 0 Å². The van der Waals surface area contributed by atoms with Crippen LogP contribution in [0.5, 0.6) is 0 Å². The molecule has 0 aromatic rings. The number of hydrogen-bond donors (Lipinski definition) is 5. The van der Waals surface area contributed by atoms with Crippen molar-refractivity contribution in [2.75, 3.05) is 12.4 Å². The largest absolute Gasteiger partial charge is 1.00 e. The topological polar surface area (TPSA) is 295 Å².